The topological polar surface area (TPSA) is 55.1 Å². The molecule has 1 amide bonds. The minimum atomic E-state index is -0.0345. The maximum Gasteiger partial charge on any atom is 0.252 e. The number of amides is 1. The molecule has 0 bridgehead atoms. The second-order valence-corrected chi connectivity index (χ2v) is 6.28. The summed E-state index contributed by atoms with van der Waals surface area (Å²) in [5.41, 5.74) is 6.97. The molecule has 1 fully saturated rings. The lowest BCUT2D eigenvalue weighted by molar-refractivity contribution is 0.0926. The van der Waals surface area contributed by atoms with Gasteiger partial charge >= 0.3 is 0 Å². The molecule has 3 N–H and O–H groups in total. The quantitative estimate of drug-likeness (QED) is 0.835. The molecule has 104 valence electrons. The molecule has 0 radical (unpaired) electrons. The summed E-state index contributed by atoms with van der Waals surface area (Å²) in [6, 6.07) is 5.60. The van der Waals surface area contributed by atoms with Crippen LogP contribution in [-0.4, -0.2) is 11.9 Å². The fourth-order valence-corrected chi connectivity index (χ4v) is 3.42. The van der Waals surface area contributed by atoms with E-state index in [1.165, 1.54) is 12.8 Å². The fourth-order valence-electron chi connectivity index (χ4n) is 2.99. The number of halogens is 1. The average Bonchev–Trinajstić information content (AvgIpc) is 2.73. The van der Waals surface area contributed by atoms with Crippen LogP contribution in [-0.2, 0) is 0 Å². The lowest BCUT2D eigenvalue weighted by atomic mass is 9.93. The monoisotopic (exact) mass is 324 g/mol. The van der Waals surface area contributed by atoms with Crippen molar-refractivity contribution in [2.24, 2.45) is 11.8 Å². The van der Waals surface area contributed by atoms with Gasteiger partial charge in [-0.05, 0) is 58.8 Å². The first kappa shape index (κ1) is 14.4. The molecule has 19 heavy (non-hydrogen) atoms. The number of rotatable bonds is 3. The predicted octanol–water partition coefficient (Wildman–Crippen LogP) is 3.59. The van der Waals surface area contributed by atoms with Gasteiger partial charge < -0.3 is 11.1 Å². The molecular weight excluding hydrogens is 304 g/mol. The largest absolute Gasteiger partial charge is 0.399 e. The van der Waals surface area contributed by atoms with Crippen molar-refractivity contribution in [2.75, 3.05) is 5.73 Å². The van der Waals surface area contributed by atoms with Gasteiger partial charge in [0, 0.05) is 16.2 Å². The number of anilines is 1. The van der Waals surface area contributed by atoms with E-state index in [1.807, 2.05) is 6.07 Å². The number of benzene rings is 1. The molecule has 2 rings (SSSR count). The summed E-state index contributed by atoms with van der Waals surface area (Å²) in [5, 5.41) is 3.15. The maximum atomic E-state index is 12.3. The number of hydrogen-bond donors (Lipinski definition) is 2. The molecule has 0 aliphatic heterocycles. The lowest BCUT2D eigenvalue weighted by Gasteiger charge is -2.21. The van der Waals surface area contributed by atoms with E-state index in [-0.39, 0.29) is 11.9 Å². The molecule has 1 saturated carbocycles. The molecule has 3 unspecified atom stereocenters. The van der Waals surface area contributed by atoms with Gasteiger partial charge in [0.05, 0.1) is 5.56 Å². The highest BCUT2D eigenvalue weighted by molar-refractivity contribution is 9.10. The van der Waals surface area contributed by atoms with Crippen molar-refractivity contribution in [3.05, 3.63) is 28.2 Å². The van der Waals surface area contributed by atoms with Gasteiger partial charge in [-0.1, -0.05) is 20.3 Å². The first-order valence-corrected chi connectivity index (χ1v) is 7.68. The van der Waals surface area contributed by atoms with Crippen molar-refractivity contribution in [3.8, 4) is 0 Å². The molecule has 1 aromatic rings. The van der Waals surface area contributed by atoms with E-state index < -0.39 is 0 Å². The molecule has 3 atom stereocenters. The normalized spacial score (nSPS) is 26.4. The smallest absolute Gasteiger partial charge is 0.252 e. The molecule has 0 saturated heterocycles. The van der Waals surface area contributed by atoms with E-state index in [2.05, 4.69) is 35.1 Å². The second-order valence-electron chi connectivity index (χ2n) is 5.42. The Hall–Kier alpha value is -1.03. The van der Waals surface area contributed by atoms with Gasteiger partial charge in [0.1, 0.15) is 0 Å². The van der Waals surface area contributed by atoms with Gasteiger partial charge in [0.15, 0.2) is 0 Å². The second kappa shape index (κ2) is 5.95. The maximum absolute atomic E-state index is 12.3. The lowest BCUT2D eigenvalue weighted by Crippen LogP contribution is -2.37. The van der Waals surface area contributed by atoms with E-state index in [1.54, 1.807) is 12.1 Å². The van der Waals surface area contributed by atoms with Crippen molar-refractivity contribution in [1.82, 2.24) is 5.32 Å². The molecule has 0 aromatic heterocycles. The predicted molar refractivity (Wildman–Crippen MR) is 82.0 cm³/mol. The first-order valence-electron chi connectivity index (χ1n) is 6.88. The van der Waals surface area contributed by atoms with E-state index >= 15 is 0 Å². The summed E-state index contributed by atoms with van der Waals surface area (Å²) in [4.78, 5) is 12.3. The van der Waals surface area contributed by atoms with Crippen LogP contribution in [0.5, 0.6) is 0 Å². The first-order chi connectivity index (χ1) is 9.02. The standard InChI is InChI=1S/C15H21BrN2O/c1-3-10-4-7-14(9(10)2)18-15(19)12-8-11(17)5-6-13(12)16/h5-6,8-10,14H,3-4,7,17H2,1-2H3,(H,18,19). The Morgan fingerprint density at radius 3 is 2.84 bits per heavy atom. The van der Waals surface area contributed by atoms with Crippen molar-refractivity contribution >= 4 is 27.5 Å². The highest BCUT2D eigenvalue weighted by atomic mass is 79.9. The van der Waals surface area contributed by atoms with Gasteiger partial charge in [0.2, 0.25) is 0 Å². The number of nitrogen functional groups attached to an aromatic ring is 1. The van der Waals surface area contributed by atoms with Crippen LogP contribution < -0.4 is 11.1 Å². The van der Waals surface area contributed by atoms with Gasteiger partial charge in [-0.2, -0.15) is 0 Å². The molecule has 0 spiro atoms. The molecule has 1 aliphatic carbocycles. The van der Waals surface area contributed by atoms with Crippen LogP contribution in [0.3, 0.4) is 0 Å². The Morgan fingerprint density at radius 1 is 1.47 bits per heavy atom. The number of hydrogen-bond acceptors (Lipinski definition) is 2. The molecule has 1 aromatic carbocycles. The summed E-state index contributed by atoms with van der Waals surface area (Å²) in [5.74, 6) is 1.25. The molecule has 4 heteroatoms. The number of carbonyl (C=O) groups excluding carboxylic acids is 1. The average molecular weight is 325 g/mol. The number of nitrogens with two attached hydrogens (primary N) is 1. The van der Waals surface area contributed by atoms with E-state index in [0.717, 1.165) is 16.8 Å². The summed E-state index contributed by atoms with van der Waals surface area (Å²) in [6.45, 7) is 4.46. The van der Waals surface area contributed by atoms with Crippen LogP contribution in [0, 0.1) is 11.8 Å². The van der Waals surface area contributed by atoms with Crippen molar-refractivity contribution < 1.29 is 4.79 Å². The van der Waals surface area contributed by atoms with E-state index in [9.17, 15) is 4.79 Å². The summed E-state index contributed by atoms with van der Waals surface area (Å²) in [6.07, 6.45) is 3.47. The van der Waals surface area contributed by atoms with E-state index in [0.29, 0.717) is 17.2 Å². The van der Waals surface area contributed by atoms with Gasteiger partial charge in [-0.15, -0.1) is 0 Å². The Labute approximate surface area is 123 Å². The number of carbonyl (C=O) groups is 1. The molecular formula is C15H21BrN2O. The fraction of sp³-hybridized carbons (Fsp3) is 0.533. The van der Waals surface area contributed by atoms with Crippen molar-refractivity contribution in [2.45, 2.75) is 39.2 Å². The third-order valence-electron chi connectivity index (χ3n) is 4.30. The zero-order valence-corrected chi connectivity index (χ0v) is 13.0. The number of nitrogens with one attached hydrogen (secondary N) is 1. The zero-order chi connectivity index (χ0) is 14.0. The Bertz CT molecular complexity index is 475. The Morgan fingerprint density at radius 2 is 2.21 bits per heavy atom. The van der Waals surface area contributed by atoms with Gasteiger partial charge in [0.25, 0.3) is 5.91 Å². The minimum absolute atomic E-state index is 0.0345. The van der Waals surface area contributed by atoms with E-state index in [4.69, 9.17) is 5.73 Å². The van der Waals surface area contributed by atoms with Crippen LogP contribution >= 0.6 is 15.9 Å². The van der Waals surface area contributed by atoms with Crippen LogP contribution in [0.15, 0.2) is 22.7 Å². The summed E-state index contributed by atoms with van der Waals surface area (Å²) < 4.78 is 0.789. The van der Waals surface area contributed by atoms with Crippen LogP contribution in [0.2, 0.25) is 0 Å². The molecule has 1 aliphatic rings. The highest BCUT2D eigenvalue weighted by Gasteiger charge is 2.32. The van der Waals surface area contributed by atoms with Crippen LogP contribution in [0.1, 0.15) is 43.5 Å². The van der Waals surface area contributed by atoms with Gasteiger partial charge in [-0.3, -0.25) is 4.79 Å². The Balaban J connectivity index is 2.07. The summed E-state index contributed by atoms with van der Waals surface area (Å²) >= 11 is 3.40. The molecule has 3 nitrogen and oxygen atoms in total. The summed E-state index contributed by atoms with van der Waals surface area (Å²) in [7, 11) is 0. The minimum Gasteiger partial charge on any atom is -0.399 e. The SMILES string of the molecule is CCC1CCC(NC(=O)c2cc(N)ccc2Br)C1C. The zero-order valence-electron chi connectivity index (χ0n) is 11.4. The Kier molecular flexibility index (Phi) is 4.50. The third-order valence-corrected chi connectivity index (χ3v) is 4.99. The molecule has 0 heterocycles. The van der Waals surface area contributed by atoms with Crippen LogP contribution in [0.25, 0.3) is 0 Å². The van der Waals surface area contributed by atoms with Crippen molar-refractivity contribution in [1.29, 1.82) is 0 Å². The van der Waals surface area contributed by atoms with Gasteiger partial charge in [-0.25, -0.2) is 0 Å². The third kappa shape index (κ3) is 3.11. The van der Waals surface area contributed by atoms with Crippen molar-refractivity contribution in [3.63, 3.8) is 0 Å². The highest BCUT2D eigenvalue weighted by Crippen LogP contribution is 2.34. The van der Waals surface area contributed by atoms with Crippen LogP contribution in [0.4, 0.5) is 5.69 Å².